The number of ketones is 1. The van der Waals surface area contributed by atoms with Gasteiger partial charge in [0.05, 0.1) is 14.3 Å². The third kappa shape index (κ3) is 3.67. The van der Waals surface area contributed by atoms with Gasteiger partial charge in [-0.05, 0) is 60.2 Å². The van der Waals surface area contributed by atoms with Crippen LogP contribution in [0.5, 0.6) is 0 Å². The number of Topliss-reactive ketones (excluding diaryl/α,β-unsaturated/α-hetero) is 1. The van der Waals surface area contributed by atoms with E-state index in [1.54, 1.807) is 18.7 Å². The lowest BCUT2D eigenvalue weighted by Crippen LogP contribution is -2.19. The standard InChI is InChI=1S/C18H15BrINOS/c1-11-3-5-13(6-4-11)10-21-15-9-14(19)7-8-16(15)23-18(21)17(20)12(2)22/h3-9H,10H2,1-2H3. The maximum absolute atomic E-state index is 11.9. The molecule has 0 atom stereocenters. The zero-order valence-corrected chi connectivity index (χ0v) is 17.3. The Morgan fingerprint density at radius 3 is 2.57 bits per heavy atom. The second kappa shape index (κ2) is 6.99. The maximum atomic E-state index is 11.9. The van der Waals surface area contributed by atoms with Crippen LogP contribution in [0.1, 0.15) is 18.1 Å². The van der Waals surface area contributed by atoms with E-state index in [1.807, 2.05) is 6.07 Å². The van der Waals surface area contributed by atoms with Gasteiger partial charge in [0.2, 0.25) is 0 Å². The number of rotatable bonds is 3. The fourth-order valence-electron chi connectivity index (χ4n) is 2.40. The van der Waals surface area contributed by atoms with E-state index in [2.05, 4.69) is 86.7 Å². The molecule has 0 saturated heterocycles. The van der Waals surface area contributed by atoms with Gasteiger partial charge in [0, 0.05) is 15.9 Å². The van der Waals surface area contributed by atoms with Crippen molar-refractivity contribution >= 4 is 61.8 Å². The maximum Gasteiger partial charge on any atom is 0.168 e. The molecule has 118 valence electrons. The highest BCUT2D eigenvalue weighted by Crippen LogP contribution is 2.49. The van der Waals surface area contributed by atoms with Gasteiger partial charge in [-0.2, -0.15) is 0 Å². The number of anilines is 1. The lowest BCUT2D eigenvalue weighted by molar-refractivity contribution is -0.112. The van der Waals surface area contributed by atoms with Crippen molar-refractivity contribution < 1.29 is 4.79 Å². The predicted molar refractivity (Wildman–Crippen MR) is 109 cm³/mol. The Balaban J connectivity index is 2.05. The summed E-state index contributed by atoms with van der Waals surface area (Å²) in [6, 6.07) is 14.8. The quantitative estimate of drug-likeness (QED) is 0.378. The third-order valence-electron chi connectivity index (χ3n) is 3.62. The summed E-state index contributed by atoms with van der Waals surface area (Å²) in [7, 11) is 0. The number of allylic oxidation sites excluding steroid dienone is 1. The van der Waals surface area contributed by atoms with Crippen LogP contribution in [0.3, 0.4) is 0 Å². The van der Waals surface area contributed by atoms with Crippen LogP contribution < -0.4 is 4.90 Å². The number of hydrogen-bond acceptors (Lipinski definition) is 3. The summed E-state index contributed by atoms with van der Waals surface area (Å²) in [4.78, 5) is 15.3. The van der Waals surface area contributed by atoms with Crippen LogP contribution in [-0.2, 0) is 11.3 Å². The zero-order chi connectivity index (χ0) is 16.6. The van der Waals surface area contributed by atoms with E-state index in [0.717, 1.165) is 25.3 Å². The number of hydrogen-bond donors (Lipinski definition) is 0. The largest absolute Gasteiger partial charge is 0.329 e. The molecule has 0 aromatic heterocycles. The van der Waals surface area contributed by atoms with E-state index in [9.17, 15) is 4.79 Å². The Morgan fingerprint density at radius 2 is 1.91 bits per heavy atom. The molecule has 0 saturated carbocycles. The molecule has 0 spiro atoms. The molecule has 23 heavy (non-hydrogen) atoms. The Hall–Kier alpha value is -0.790. The highest BCUT2D eigenvalue weighted by atomic mass is 127. The molecule has 1 aliphatic rings. The second-order valence-corrected chi connectivity index (χ2v) is 8.49. The van der Waals surface area contributed by atoms with E-state index in [1.165, 1.54) is 16.0 Å². The number of benzene rings is 2. The molecule has 1 aliphatic heterocycles. The molecule has 3 rings (SSSR count). The third-order valence-corrected chi connectivity index (χ3v) is 6.93. The number of fused-ring (bicyclic) bond motifs is 1. The first kappa shape index (κ1) is 17.0. The number of thioether (sulfide) groups is 1. The van der Waals surface area contributed by atoms with Crippen molar-refractivity contribution in [2.24, 2.45) is 0 Å². The summed E-state index contributed by atoms with van der Waals surface area (Å²) in [6.45, 7) is 4.47. The van der Waals surface area contributed by atoms with E-state index < -0.39 is 0 Å². The van der Waals surface area contributed by atoms with Crippen molar-refractivity contribution in [3.8, 4) is 0 Å². The first-order chi connectivity index (χ1) is 11.0. The van der Waals surface area contributed by atoms with Crippen LogP contribution in [0.25, 0.3) is 0 Å². The molecule has 2 nitrogen and oxygen atoms in total. The Bertz CT molecular complexity index is 801. The van der Waals surface area contributed by atoms with Crippen molar-refractivity contribution in [1.29, 1.82) is 0 Å². The first-order valence-corrected chi connectivity index (χ1v) is 9.85. The van der Waals surface area contributed by atoms with Crippen LogP contribution in [0.15, 0.2) is 60.4 Å². The molecule has 5 heteroatoms. The van der Waals surface area contributed by atoms with Gasteiger partial charge in [-0.15, -0.1) is 0 Å². The Labute approximate surface area is 162 Å². The number of nitrogens with zero attached hydrogens (tertiary/aromatic N) is 1. The molecular weight excluding hydrogens is 485 g/mol. The lowest BCUT2D eigenvalue weighted by Gasteiger charge is -2.22. The average Bonchev–Trinajstić information content (AvgIpc) is 2.86. The average molecular weight is 500 g/mol. The number of carbonyl (C=O) groups is 1. The lowest BCUT2D eigenvalue weighted by atomic mass is 10.1. The molecule has 0 radical (unpaired) electrons. The van der Waals surface area contributed by atoms with Crippen molar-refractivity contribution in [3.63, 3.8) is 0 Å². The summed E-state index contributed by atoms with van der Waals surface area (Å²) in [5, 5.41) is 1.02. The van der Waals surface area contributed by atoms with Crippen LogP contribution in [-0.4, -0.2) is 5.78 Å². The SMILES string of the molecule is CC(=O)C(I)=C1Sc2ccc(Br)cc2N1Cc1ccc(C)cc1. The van der Waals surface area contributed by atoms with Gasteiger partial charge in [0.1, 0.15) is 0 Å². The van der Waals surface area contributed by atoms with Gasteiger partial charge < -0.3 is 4.90 Å². The van der Waals surface area contributed by atoms with Crippen LogP contribution >= 0.6 is 50.3 Å². The van der Waals surface area contributed by atoms with Crippen molar-refractivity contribution in [1.82, 2.24) is 0 Å². The number of halogens is 2. The fourth-order valence-corrected chi connectivity index (χ4v) is 4.50. The monoisotopic (exact) mass is 499 g/mol. The topological polar surface area (TPSA) is 20.3 Å². The predicted octanol–water partition coefficient (Wildman–Crippen LogP) is 6.06. The van der Waals surface area contributed by atoms with Crippen molar-refractivity contribution in [2.45, 2.75) is 25.3 Å². The summed E-state index contributed by atoms with van der Waals surface area (Å²) < 4.78 is 1.83. The second-order valence-electron chi connectivity index (χ2n) is 5.46. The van der Waals surface area contributed by atoms with Gasteiger partial charge in [0.25, 0.3) is 0 Å². The van der Waals surface area contributed by atoms with E-state index >= 15 is 0 Å². The molecule has 0 fully saturated rings. The smallest absolute Gasteiger partial charge is 0.168 e. The summed E-state index contributed by atoms with van der Waals surface area (Å²) in [6.07, 6.45) is 0. The van der Waals surface area contributed by atoms with Gasteiger partial charge in [-0.3, -0.25) is 4.79 Å². The van der Waals surface area contributed by atoms with Crippen LogP contribution in [0.2, 0.25) is 0 Å². The zero-order valence-electron chi connectivity index (χ0n) is 12.8. The van der Waals surface area contributed by atoms with Crippen LogP contribution in [0, 0.1) is 6.92 Å². The highest BCUT2D eigenvalue weighted by Gasteiger charge is 2.28. The van der Waals surface area contributed by atoms with Gasteiger partial charge in [-0.1, -0.05) is 57.5 Å². The number of aryl methyl sites for hydroxylation is 1. The molecule has 0 amide bonds. The normalized spacial score (nSPS) is 15.6. The minimum Gasteiger partial charge on any atom is -0.329 e. The molecular formula is C18H15BrINOS. The van der Waals surface area contributed by atoms with E-state index in [4.69, 9.17) is 0 Å². The molecule has 0 aliphatic carbocycles. The Morgan fingerprint density at radius 1 is 1.22 bits per heavy atom. The Kier molecular flexibility index (Phi) is 5.18. The highest BCUT2D eigenvalue weighted by molar-refractivity contribution is 14.1. The molecule has 0 bridgehead atoms. The van der Waals surface area contributed by atoms with Crippen molar-refractivity contribution in [3.05, 3.63) is 66.7 Å². The summed E-state index contributed by atoms with van der Waals surface area (Å²) in [5.74, 6) is 0.105. The summed E-state index contributed by atoms with van der Waals surface area (Å²) in [5.41, 5.74) is 3.63. The van der Waals surface area contributed by atoms with E-state index in [0.29, 0.717) is 0 Å². The minimum absolute atomic E-state index is 0.105. The molecule has 2 aromatic carbocycles. The van der Waals surface area contributed by atoms with E-state index in [-0.39, 0.29) is 5.78 Å². The molecule has 2 aromatic rings. The fraction of sp³-hybridized carbons (Fsp3) is 0.167. The first-order valence-electron chi connectivity index (χ1n) is 7.17. The van der Waals surface area contributed by atoms with Crippen LogP contribution in [0.4, 0.5) is 5.69 Å². The molecule has 1 heterocycles. The molecule has 0 N–H and O–H groups in total. The van der Waals surface area contributed by atoms with Gasteiger partial charge >= 0.3 is 0 Å². The minimum atomic E-state index is 0.105. The molecule has 0 unspecified atom stereocenters. The van der Waals surface area contributed by atoms with Crippen molar-refractivity contribution in [2.75, 3.05) is 4.90 Å². The van der Waals surface area contributed by atoms with Gasteiger partial charge in [0.15, 0.2) is 5.78 Å². The summed E-state index contributed by atoms with van der Waals surface area (Å²) >= 11 is 7.38. The number of carbonyl (C=O) groups excluding carboxylic acids is 1. The van der Waals surface area contributed by atoms with Gasteiger partial charge in [-0.25, -0.2) is 0 Å².